The highest BCUT2D eigenvalue weighted by Gasteiger charge is 2.08. The van der Waals surface area contributed by atoms with Crippen molar-refractivity contribution in [2.75, 3.05) is 6.54 Å². The molecule has 1 aromatic heterocycles. The second-order valence-corrected chi connectivity index (χ2v) is 6.45. The normalized spacial score (nSPS) is 10.9. The van der Waals surface area contributed by atoms with E-state index in [1.165, 1.54) is 10.1 Å². The molecule has 0 aliphatic rings. The molecule has 2 N–H and O–H groups in total. The monoisotopic (exact) mass is 365 g/mol. The fraction of sp³-hybridized carbons (Fsp3) is 0.286. The van der Waals surface area contributed by atoms with Crippen LogP contribution < -0.4 is 16.4 Å². The number of carbonyl (C=O) groups excluding carboxylic acids is 1. The van der Waals surface area contributed by atoms with E-state index in [4.69, 9.17) is 0 Å². The van der Waals surface area contributed by atoms with Gasteiger partial charge >= 0.3 is 11.1 Å². The van der Waals surface area contributed by atoms with Crippen LogP contribution in [-0.4, -0.2) is 22.0 Å². The van der Waals surface area contributed by atoms with E-state index in [1.54, 1.807) is 24.3 Å². The van der Waals surface area contributed by atoms with Gasteiger partial charge in [-0.1, -0.05) is 43.3 Å². The first-order valence-corrected chi connectivity index (χ1v) is 9.15. The Labute approximate surface area is 156 Å². The number of fused-ring (bicyclic) bond motifs is 1. The maximum Gasteiger partial charge on any atom is 0.316 e. The highest BCUT2D eigenvalue weighted by molar-refractivity contribution is 5.76. The number of hydrogen-bond donors (Lipinski definition) is 2. The summed E-state index contributed by atoms with van der Waals surface area (Å²) in [5.74, 6) is -0.0724. The molecule has 0 radical (unpaired) electrons. The highest BCUT2D eigenvalue weighted by Crippen LogP contribution is 2.08. The van der Waals surface area contributed by atoms with Gasteiger partial charge < -0.3 is 14.9 Å². The molecule has 27 heavy (non-hydrogen) atoms. The summed E-state index contributed by atoms with van der Waals surface area (Å²) < 4.78 is 1.40. The van der Waals surface area contributed by atoms with Gasteiger partial charge in [0.2, 0.25) is 5.91 Å². The van der Waals surface area contributed by atoms with Gasteiger partial charge in [0.1, 0.15) is 0 Å². The van der Waals surface area contributed by atoms with Gasteiger partial charge in [0.25, 0.3) is 0 Å². The number of benzene rings is 2. The Kier molecular flexibility index (Phi) is 5.86. The number of nitrogens with one attached hydrogen (secondary N) is 2. The molecule has 1 heterocycles. The van der Waals surface area contributed by atoms with Crippen LogP contribution in [0, 0.1) is 0 Å². The van der Waals surface area contributed by atoms with Crippen LogP contribution in [0.5, 0.6) is 0 Å². The van der Waals surface area contributed by atoms with E-state index in [0.29, 0.717) is 30.4 Å². The summed E-state index contributed by atoms with van der Waals surface area (Å²) in [7, 11) is 0. The Morgan fingerprint density at radius 1 is 1.04 bits per heavy atom. The van der Waals surface area contributed by atoms with Gasteiger partial charge in [0.15, 0.2) is 0 Å². The van der Waals surface area contributed by atoms with Crippen LogP contribution in [0.15, 0.2) is 58.1 Å². The number of amides is 1. The van der Waals surface area contributed by atoms with Crippen LogP contribution >= 0.6 is 0 Å². The van der Waals surface area contributed by atoms with Crippen molar-refractivity contribution in [1.82, 2.24) is 14.9 Å². The summed E-state index contributed by atoms with van der Waals surface area (Å²) in [6.07, 6.45) is 2.05. The Morgan fingerprint density at radius 3 is 2.48 bits per heavy atom. The average molecular weight is 365 g/mol. The van der Waals surface area contributed by atoms with E-state index in [-0.39, 0.29) is 12.5 Å². The van der Waals surface area contributed by atoms with Gasteiger partial charge in [-0.15, -0.1) is 0 Å². The molecule has 0 spiro atoms. The Bertz CT molecular complexity index is 1050. The van der Waals surface area contributed by atoms with Gasteiger partial charge in [-0.3, -0.25) is 14.4 Å². The summed E-state index contributed by atoms with van der Waals surface area (Å²) in [6, 6.07) is 15.4. The van der Waals surface area contributed by atoms with Crippen molar-refractivity contribution in [2.24, 2.45) is 0 Å². The SMILES string of the molecule is CCc1ccc(CCC(=O)NCCn2c(=O)c(=O)[nH]c3ccccc32)cc1. The molecule has 0 aliphatic heterocycles. The van der Waals surface area contributed by atoms with Crippen LogP contribution in [0.4, 0.5) is 0 Å². The highest BCUT2D eigenvalue weighted by atomic mass is 16.2. The first-order valence-electron chi connectivity index (χ1n) is 9.15. The third-order valence-electron chi connectivity index (χ3n) is 4.61. The fourth-order valence-electron chi connectivity index (χ4n) is 3.04. The molecule has 3 aromatic rings. The Morgan fingerprint density at radius 2 is 1.74 bits per heavy atom. The molecule has 140 valence electrons. The lowest BCUT2D eigenvalue weighted by molar-refractivity contribution is -0.121. The van der Waals surface area contributed by atoms with Crippen LogP contribution in [0.25, 0.3) is 11.0 Å². The maximum atomic E-state index is 12.1. The summed E-state index contributed by atoms with van der Waals surface area (Å²) in [4.78, 5) is 38.6. The molecule has 0 aliphatic carbocycles. The molecule has 0 atom stereocenters. The van der Waals surface area contributed by atoms with Crippen molar-refractivity contribution in [3.05, 3.63) is 80.4 Å². The smallest absolute Gasteiger partial charge is 0.316 e. The fourth-order valence-corrected chi connectivity index (χ4v) is 3.04. The van der Waals surface area contributed by atoms with Crippen molar-refractivity contribution < 1.29 is 4.79 Å². The summed E-state index contributed by atoms with van der Waals surface area (Å²) in [5.41, 5.74) is 2.38. The largest absolute Gasteiger partial charge is 0.354 e. The molecular formula is C21H23N3O3. The molecule has 0 saturated carbocycles. The maximum absolute atomic E-state index is 12.1. The van der Waals surface area contributed by atoms with Gasteiger partial charge in [-0.2, -0.15) is 0 Å². The van der Waals surface area contributed by atoms with Crippen LogP contribution in [-0.2, 0) is 24.2 Å². The average Bonchev–Trinajstić information content (AvgIpc) is 2.69. The van der Waals surface area contributed by atoms with Crippen molar-refractivity contribution in [1.29, 1.82) is 0 Å². The van der Waals surface area contributed by atoms with Crippen LogP contribution in [0.3, 0.4) is 0 Å². The molecule has 6 nitrogen and oxygen atoms in total. The van der Waals surface area contributed by atoms with E-state index in [2.05, 4.69) is 29.4 Å². The standard InChI is InChI=1S/C21H23N3O3/c1-2-15-7-9-16(10-8-15)11-12-19(25)22-13-14-24-18-6-4-3-5-17(18)23-20(26)21(24)27/h3-10H,2,11-14H2,1H3,(H,22,25)(H,23,26). The van der Waals surface area contributed by atoms with Gasteiger partial charge in [-0.05, 0) is 36.1 Å². The molecule has 0 fully saturated rings. The van der Waals surface area contributed by atoms with Crippen molar-refractivity contribution in [2.45, 2.75) is 32.7 Å². The molecular weight excluding hydrogens is 342 g/mol. The van der Waals surface area contributed by atoms with Crippen molar-refractivity contribution in [3.63, 3.8) is 0 Å². The van der Waals surface area contributed by atoms with Crippen LogP contribution in [0.1, 0.15) is 24.5 Å². The molecule has 0 bridgehead atoms. The molecule has 0 saturated heterocycles. The summed E-state index contributed by atoms with van der Waals surface area (Å²) >= 11 is 0. The second-order valence-electron chi connectivity index (χ2n) is 6.45. The number of hydrogen-bond acceptors (Lipinski definition) is 3. The van der Waals surface area contributed by atoms with E-state index in [0.717, 1.165) is 12.0 Å². The number of aromatic amines is 1. The van der Waals surface area contributed by atoms with E-state index in [1.807, 2.05) is 12.1 Å². The number of carbonyl (C=O) groups is 1. The number of H-pyrrole nitrogens is 1. The lowest BCUT2D eigenvalue weighted by Gasteiger charge is -2.10. The zero-order valence-corrected chi connectivity index (χ0v) is 15.3. The minimum Gasteiger partial charge on any atom is -0.354 e. The van der Waals surface area contributed by atoms with E-state index < -0.39 is 11.1 Å². The number of para-hydroxylation sites is 2. The quantitative estimate of drug-likeness (QED) is 0.628. The lowest BCUT2D eigenvalue weighted by Crippen LogP contribution is -2.39. The third-order valence-corrected chi connectivity index (χ3v) is 4.61. The number of aryl methyl sites for hydroxylation is 2. The molecule has 1 amide bonds. The predicted octanol–water partition coefficient (Wildman–Crippen LogP) is 2.00. The Hall–Kier alpha value is -3.15. The van der Waals surface area contributed by atoms with E-state index in [9.17, 15) is 14.4 Å². The minimum absolute atomic E-state index is 0.0724. The van der Waals surface area contributed by atoms with Gasteiger partial charge in [0, 0.05) is 19.5 Å². The summed E-state index contributed by atoms with van der Waals surface area (Å²) in [6.45, 7) is 2.65. The number of rotatable bonds is 7. The number of aromatic nitrogens is 2. The summed E-state index contributed by atoms with van der Waals surface area (Å²) in [5, 5.41) is 2.82. The molecule has 6 heteroatoms. The minimum atomic E-state index is -0.657. The van der Waals surface area contributed by atoms with E-state index >= 15 is 0 Å². The van der Waals surface area contributed by atoms with Gasteiger partial charge in [0.05, 0.1) is 11.0 Å². The third kappa shape index (κ3) is 4.53. The zero-order valence-electron chi connectivity index (χ0n) is 15.3. The van der Waals surface area contributed by atoms with Gasteiger partial charge in [-0.25, -0.2) is 0 Å². The Balaban J connectivity index is 1.57. The molecule has 2 aromatic carbocycles. The molecule has 0 unspecified atom stereocenters. The first kappa shape index (κ1) is 18.6. The van der Waals surface area contributed by atoms with Crippen molar-refractivity contribution >= 4 is 16.9 Å². The zero-order chi connectivity index (χ0) is 19.2. The van der Waals surface area contributed by atoms with Crippen molar-refractivity contribution in [3.8, 4) is 0 Å². The predicted molar refractivity (Wildman–Crippen MR) is 106 cm³/mol. The second kappa shape index (κ2) is 8.49. The number of nitrogens with zero attached hydrogens (tertiary/aromatic N) is 1. The topological polar surface area (TPSA) is 84.0 Å². The molecule has 3 rings (SSSR count). The lowest BCUT2D eigenvalue weighted by atomic mass is 10.1. The first-order chi connectivity index (χ1) is 13.1. The van der Waals surface area contributed by atoms with Crippen LogP contribution in [0.2, 0.25) is 0 Å².